The number of carboxylic acids is 2. The Morgan fingerprint density at radius 2 is 1.58 bits per heavy atom. The molecule has 14 nitrogen and oxygen atoms in total. The van der Waals surface area contributed by atoms with Crippen molar-refractivity contribution >= 4 is 35.6 Å². The highest BCUT2D eigenvalue weighted by Gasteiger charge is 2.26. The first-order valence-electron chi connectivity index (χ1n) is 11.2. The summed E-state index contributed by atoms with van der Waals surface area (Å²) in [4.78, 5) is 63.3. The van der Waals surface area contributed by atoms with Gasteiger partial charge in [0.25, 0.3) is 0 Å². The van der Waals surface area contributed by atoms with Crippen LogP contribution >= 0.6 is 0 Å². The van der Waals surface area contributed by atoms with E-state index in [-0.39, 0.29) is 38.2 Å². The Hall–Kier alpha value is -4.20. The number of carboxylic acid groups (broad SMARTS) is 2. The Kier molecular flexibility index (Phi) is 13.0. The maximum absolute atomic E-state index is 12.8. The number of guanidine groups is 1. The van der Waals surface area contributed by atoms with Gasteiger partial charge < -0.3 is 43.4 Å². The fraction of sp³-hybridized carbons (Fsp3) is 0.455. The summed E-state index contributed by atoms with van der Waals surface area (Å²) in [5, 5.41) is 25.2. The van der Waals surface area contributed by atoms with Crippen LogP contribution in [0.1, 0.15) is 31.2 Å². The number of nitrogens with one attached hydrogen (secondary N) is 3. The van der Waals surface area contributed by atoms with Gasteiger partial charge in [0.15, 0.2) is 5.96 Å². The molecule has 3 amide bonds. The van der Waals surface area contributed by atoms with Gasteiger partial charge in [0.05, 0.1) is 12.6 Å². The van der Waals surface area contributed by atoms with E-state index in [1.54, 1.807) is 30.3 Å². The van der Waals surface area contributed by atoms with Crippen LogP contribution in [0.25, 0.3) is 0 Å². The highest BCUT2D eigenvalue weighted by molar-refractivity contribution is 5.92. The van der Waals surface area contributed by atoms with E-state index in [1.807, 2.05) is 0 Å². The van der Waals surface area contributed by atoms with E-state index in [9.17, 15) is 29.1 Å². The second-order valence-electron chi connectivity index (χ2n) is 7.91. The van der Waals surface area contributed by atoms with E-state index in [0.29, 0.717) is 12.0 Å². The number of hydrogen-bond acceptors (Lipinski definition) is 7. The summed E-state index contributed by atoms with van der Waals surface area (Å²) in [6, 6.07) is 5.28. The average Bonchev–Trinajstić information content (AvgIpc) is 2.82. The third-order valence-corrected chi connectivity index (χ3v) is 4.92. The van der Waals surface area contributed by atoms with Crippen molar-refractivity contribution in [2.24, 2.45) is 22.2 Å². The molecule has 0 radical (unpaired) electrons. The molecule has 1 aromatic rings. The number of carbonyl (C=O) groups is 5. The summed E-state index contributed by atoms with van der Waals surface area (Å²) in [6.07, 6.45) is -0.000214. The molecule has 0 aromatic heterocycles. The van der Waals surface area contributed by atoms with Gasteiger partial charge in [-0.15, -0.1) is 0 Å². The van der Waals surface area contributed by atoms with Crippen LogP contribution in [0.3, 0.4) is 0 Å². The van der Waals surface area contributed by atoms with E-state index < -0.39 is 54.3 Å². The molecule has 1 rings (SSSR count). The van der Waals surface area contributed by atoms with Crippen molar-refractivity contribution in [2.45, 2.75) is 50.2 Å². The molecule has 0 fully saturated rings. The van der Waals surface area contributed by atoms with E-state index >= 15 is 0 Å². The Morgan fingerprint density at radius 3 is 2.17 bits per heavy atom. The summed E-state index contributed by atoms with van der Waals surface area (Å²) in [6.45, 7) is -0.350. The number of rotatable bonds is 16. The summed E-state index contributed by atoms with van der Waals surface area (Å²) >= 11 is 0. The molecule has 0 bridgehead atoms. The van der Waals surface area contributed by atoms with Gasteiger partial charge in [-0.3, -0.25) is 24.2 Å². The van der Waals surface area contributed by atoms with Gasteiger partial charge in [0.2, 0.25) is 17.7 Å². The Balaban J connectivity index is 2.74. The quantitative estimate of drug-likeness (QED) is 0.0671. The van der Waals surface area contributed by atoms with Crippen LogP contribution in [-0.2, 0) is 30.4 Å². The fourth-order valence-electron chi connectivity index (χ4n) is 3.04. The second kappa shape index (κ2) is 15.7. The number of nitrogens with two attached hydrogens (primary N) is 3. The lowest BCUT2D eigenvalue weighted by Gasteiger charge is -2.21. The van der Waals surface area contributed by atoms with Crippen molar-refractivity contribution in [1.29, 1.82) is 0 Å². The third-order valence-electron chi connectivity index (χ3n) is 4.92. The highest BCUT2D eigenvalue weighted by atomic mass is 16.4. The predicted octanol–water partition coefficient (Wildman–Crippen LogP) is -2.35. The molecule has 0 aliphatic carbocycles. The number of carbonyl (C=O) groups excluding carboxylic acids is 3. The Morgan fingerprint density at radius 1 is 0.917 bits per heavy atom. The largest absolute Gasteiger partial charge is 0.481 e. The van der Waals surface area contributed by atoms with E-state index in [1.165, 1.54) is 0 Å². The molecule has 0 aliphatic heterocycles. The molecule has 11 N–H and O–H groups in total. The van der Waals surface area contributed by atoms with E-state index in [2.05, 4.69) is 20.9 Å². The molecule has 0 heterocycles. The lowest BCUT2D eigenvalue weighted by Crippen LogP contribution is -2.54. The number of nitrogens with zero attached hydrogens (tertiary/aromatic N) is 1. The molecule has 0 spiro atoms. The van der Waals surface area contributed by atoms with Crippen LogP contribution in [0.4, 0.5) is 0 Å². The SMILES string of the molecule is NC(N)=NCCCC(NC(=O)CNC(=O)C(Cc1ccccc1)NC(=O)C(N)CCC(=O)O)C(=O)O. The van der Waals surface area contributed by atoms with E-state index in [0.717, 1.165) is 0 Å². The van der Waals surface area contributed by atoms with Crippen LogP contribution < -0.4 is 33.2 Å². The average molecular weight is 508 g/mol. The molecule has 3 atom stereocenters. The zero-order valence-electron chi connectivity index (χ0n) is 19.7. The van der Waals surface area contributed by atoms with Crippen LogP contribution in [0, 0.1) is 0 Å². The lowest BCUT2D eigenvalue weighted by molar-refractivity contribution is -0.142. The van der Waals surface area contributed by atoms with Gasteiger partial charge >= 0.3 is 11.9 Å². The topological polar surface area (TPSA) is 252 Å². The normalized spacial score (nSPS) is 12.9. The maximum atomic E-state index is 12.8. The minimum Gasteiger partial charge on any atom is -0.481 e. The molecule has 0 aliphatic rings. The van der Waals surface area contributed by atoms with Crippen LogP contribution in [0.5, 0.6) is 0 Å². The molecule has 3 unspecified atom stereocenters. The van der Waals surface area contributed by atoms with E-state index in [4.69, 9.17) is 22.3 Å². The van der Waals surface area contributed by atoms with Gasteiger partial charge in [-0.25, -0.2) is 4.79 Å². The zero-order valence-corrected chi connectivity index (χ0v) is 19.7. The highest BCUT2D eigenvalue weighted by Crippen LogP contribution is 2.05. The summed E-state index contributed by atoms with van der Waals surface area (Å²) < 4.78 is 0. The first-order valence-corrected chi connectivity index (χ1v) is 11.2. The van der Waals surface area contributed by atoms with Gasteiger partial charge in [0, 0.05) is 19.4 Å². The van der Waals surface area contributed by atoms with Crippen molar-refractivity contribution in [2.75, 3.05) is 13.1 Å². The fourth-order valence-corrected chi connectivity index (χ4v) is 3.04. The zero-order chi connectivity index (χ0) is 27.1. The smallest absolute Gasteiger partial charge is 0.326 e. The first-order chi connectivity index (χ1) is 17.0. The standard InChI is InChI=1S/C22H33N7O7/c23-14(8-9-18(31)32)19(33)29-16(11-13-5-2-1-3-6-13)20(34)27-12-17(30)28-15(21(35)36)7-4-10-26-22(24)25/h1-3,5-6,14-16H,4,7-12,23H2,(H,27,34)(H,28,30)(H,29,33)(H,31,32)(H,35,36)(H4,24,25,26). The van der Waals surface area contributed by atoms with Gasteiger partial charge in [0.1, 0.15) is 12.1 Å². The minimum absolute atomic E-state index is 0.0622. The number of aliphatic imine (C=N–C) groups is 1. The monoisotopic (exact) mass is 507 g/mol. The Labute approximate surface area is 207 Å². The summed E-state index contributed by atoms with van der Waals surface area (Å²) in [5.74, 6) is -4.67. The van der Waals surface area contributed by atoms with Crippen molar-refractivity contribution in [3.63, 3.8) is 0 Å². The van der Waals surface area contributed by atoms with Crippen molar-refractivity contribution in [3.8, 4) is 0 Å². The molecular formula is C22H33N7O7. The molecular weight excluding hydrogens is 474 g/mol. The maximum Gasteiger partial charge on any atom is 0.326 e. The van der Waals surface area contributed by atoms with Crippen LogP contribution in [0.2, 0.25) is 0 Å². The van der Waals surface area contributed by atoms with Gasteiger partial charge in [-0.1, -0.05) is 30.3 Å². The van der Waals surface area contributed by atoms with Gasteiger partial charge in [-0.05, 0) is 24.8 Å². The number of benzene rings is 1. The minimum atomic E-state index is -1.26. The lowest BCUT2D eigenvalue weighted by atomic mass is 10.0. The molecule has 36 heavy (non-hydrogen) atoms. The Bertz CT molecular complexity index is 936. The van der Waals surface area contributed by atoms with Gasteiger partial charge in [-0.2, -0.15) is 0 Å². The van der Waals surface area contributed by atoms with Crippen molar-refractivity contribution in [3.05, 3.63) is 35.9 Å². The second-order valence-corrected chi connectivity index (χ2v) is 7.91. The number of aliphatic carboxylic acids is 2. The van der Waals surface area contributed by atoms with Crippen LogP contribution in [-0.4, -0.2) is 77.0 Å². The number of amides is 3. The molecule has 198 valence electrons. The molecule has 1 aromatic carbocycles. The molecule has 14 heteroatoms. The van der Waals surface area contributed by atoms with Crippen molar-refractivity contribution in [1.82, 2.24) is 16.0 Å². The first kappa shape index (κ1) is 29.8. The predicted molar refractivity (Wildman–Crippen MR) is 129 cm³/mol. The molecule has 0 saturated carbocycles. The van der Waals surface area contributed by atoms with Crippen LogP contribution in [0.15, 0.2) is 35.3 Å². The summed E-state index contributed by atoms with van der Waals surface area (Å²) in [5.41, 5.74) is 16.9. The third kappa shape index (κ3) is 12.3. The van der Waals surface area contributed by atoms with Crippen molar-refractivity contribution < 1.29 is 34.2 Å². The molecule has 0 saturated heterocycles. The summed E-state index contributed by atoms with van der Waals surface area (Å²) in [7, 11) is 0. The number of hydrogen-bond donors (Lipinski definition) is 8.